The molecule has 1 fully saturated rings. The third-order valence-electron chi connectivity index (χ3n) is 5.36. The number of amides is 1. The Hall–Kier alpha value is -2.62. The molecule has 0 saturated carbocycles. The van der Waals surface area contributed by atoms with Gasteiger partial charge in [0.05, 0.1) is 17.7 Å². The van der Waals surface area contributed by atoms with Crippen LogP contribution < -0.4 is 4.72 Å². The van der Waals surface area contributed by atoms with E-state index < -0.39 is 10.0 Å². The highest BCUT2D eigenvalue weighted by Gasteiger charge is 2.28. The molecule has 0 atom stereocenters. The second-order valence-electron chi connectivity index (χ2n) is 7.79. The van der Waals surface area contributed by atoms with Crippen molar-refractivity contribution in [3.8, 4) is 17.1 Å². The van der Waals surface area contributed by atoms with Crippen molar-refractivity contribution in [1.82, 2.24) is 19.4 Å². The van der Waals surface area contributed by atoms with Gasteiger partial charge in [0.15, 0.2) is 11.5 Å². The van der Waals surface area contributed by atoms with Gasteiger partial charge in [-0.1, -0.05) is 24.6 Å². The molecule has 1 N–H and O–H groups in total. The normalized spacial score (nSPS) is 15.2. The first kappa shape index (κ1) is 22.6. The van der Waals surface area contributed by atoms with Crippen LogP contribution >= 0.6 is 11.6 Å². The number of halogens is 1. The smallest absolute Gasteiger partial charge is 0.274 e. The molecule has 10 heteroatoms. The Labute approximate surface area is 192 Å². The lowest BCUT2D eigenvalue weighted by atomic mass is 10.1. The average molecular weight is 477 g/mol. The zero-order chi connectivity index (χ0) is 22.7. The van der Waals surface area contributed by atoms with Crippen molar-refractivity contribution in [3.05, 3.63) is 59.4 Å². The van der Waals surface area contributed by atoms with Gasteiger partial charge in [-0.3, -0.25) is 4.79 Å². The van der Waals surface area contributed by atoms with Crippen molar-refractivity contribution in [2.24, 2.45) is 0 Å². The molecule has 0 radical (unpaired) electrons. The van der Waals surface area contributed by atoms with Gasteiger partial charge < -0.3 is 9.32 Å². The number of benzene rings is 1. The third-order valence-corrected chi connectivity index (χ3v) is 7.23. The van der Waals surface area contributed by atoms with Gasteiger partial charge in [-0.25, -0.2) is 17.8 Å². The fraction of sp³-hybridized carbons (Fsp3) is 0.364. The number of rotatable bonds is 7. The summed E-state index contributed by atoms with van der Waals surface area (Å²) in [6, 6.07) is 12.3. The Balaban J connectivity index is 1.53. The maximum atomic E-state index is 13.2. The number of carbonyl (C=O) groups excluding carboxylic acids is 1. The first-order valence-corrected chi connectivity index (χ1v) is 12.6. The number of hydrogen-bond donors (Lipinski definition) is 1. The molecule has 1 amide bonds. The molecule has 1 saturated heterocycles. The number of aromatic nitrogens is 2. The van der Waals surface area contributed by atoms with Gasteiger partial charge >= 0.3 is 0 Å². The molecule has 4 rings (SSSR count). The van der Waals surface area contributed by atoms with E-state index in [4.69, 9.17) is 16.0 Å². The highest BCUT2D eigenvalue weighted by Crippen LogP contribution is 2.27. The molecule has 1 aliphatic heterocycles. The van der Waals surface area contributed by atoms with Crippen LogP contribution in [0.5, 0.6) is 0 Å². The molecular formula is C22H25ClN4O4S. The number of hydrogen-bond acceptors (Lipinski definition) is 5. The van der Waals surface area contributed by atoms with Crippen LogP contribution in [0.25, 0.3) is 17.1 Å². The molecule has 0 bridgehead atoms. The molecule has 8 nitrogen and oxygen atoms in total. The Morgan fingerprint density at radius 2 is 2.00 bits per heavy atom. The van der Waals surface area contributed by atoms with E-state index in [0.29, 0.717) is 60.2 Å². The molecule has 1 aliphatic rings. The summed E-state index contributed by atoms with van der Waals surface area (Å²) in [4.78, 5) is 14.9. The summed E-state index contributed by atoms with van der Waals surface area (Å²) < 4.78 is 34.0. The van der Waals surface area contributed by atoms with Gasteiger partial charge in [-0.05, 0) is 49.6 Å². The lowest BCUT2D eigenvalue weighted by Gasteiger charge is -2.31. The molecule has 3 heterocycles. The van der Waals surface area contributed by atoms with Crippen LogP contribution in [0.2, 0.25) is 5.02 Å². The zero-order valence-corrected chi connectivity index (χ0v) is 19.3. The van der Waals surface area contributed by atoms with Crippen LogP contribution in [-0.4, -0.2) is 53.9 Å². The molecule has 32 heavy (non-hydrogen) atoms. The molecule has 0 unspecified atom stereocenters. The van der Waals surface area contributed by atoms with E-state index in [9.17, 15) is 13.2 Å². The van der Waals surface area contributed by atoms with Gasteiger partial charge in [-0.15, -0.1) is 0 Å². The van der Waals surface area contributed by atoms with E-state index in [1.54, 1.807) is 46.2 Å². The predicted molar refractivity (Wildman–Crippen MR) is 122 cm³/mol. The minimum atomic E-state index is -3.27. The summed E-state index contributed by atoms with van der Waals surface area (Å²) in [5, 5.41) is 5.11. The summed E-state index contributed by atoms with van der Waals surface area (Å²) >= 11 is 6.15. The Bertz CT molecular complexity index is 1180. The SMILES string of the molecule is CCCS(=O)(=O)NC1CCN(C(=O)c2cc(-c3ccco3)n(-c3cccc(Cl)c3)n2)CC1. The van der Waals surface area contributed by atoms with Gasteiger partial charge in [0.2, 0.25) is 10.0 Å². The van der Waals surface area contributed by atoms with Crippen molar-refractivity contribution in [3.63, 3.8) is 0 Å². The first-order valence-electron chi connectivity index (χ1n) is 10.6. The topological polar surface area (TPSA) is 97.4 Å². The number of nitrogens with zero attached hydrogens (tertiary/aromatic N) is 3. The number of piperidine rings is 1. The molecule has 1 aromatic carbocycles. The number of carbonyl (C=O) groups is 1. The summed E-state index contributed by atoms with van der Waals surface area (Å²) in [6.45, 7) is 2.75. The van der Waals surface area contributed by atoms with E-state index in [-0.39, 0.29) is 17.7 Å². The second kappa shape index (κ2) is 9.48. The Morgan fingerprint density at radius 1 is 1.22 bits per heavy atom. The molecule has 0 aliphatic carbocycles. The number of furan rings is 1. The predicted octanol–water partition coefficient (Wildman–Crippen LogP) is 3.72. The molecule has 0 spiro atoms. The Kier molecular flexibility index (Phi) is 6.68. The summed E-state index contributed by atoms with van der Waals surface area (Å²) in [5.74, 6) is 0.497. The quantitative estimate of drug-likeness (QED) is 0.560. The summed E-state index contributed by atoms with van der Waals surface area (Å²) in [5.41, 5.74) is 1.65. The number of likely N-dealkylation sites (tertiary alicyclic amines) is 1. The average Bonchev–Trinajstić information content (AvgIpc) is 3.43. The zero-order valence-electron chi connectivity index (χ0n) is 17.7. The van der Waals surface area contributed by atoms with Gasteiger partial charge in [0.25, 0.3) is 5.91 Å². The van der Waals surface area contributed by atoms with Crippen LogP contribution in [0.3, 0.4) is 0 Å². The molecule has 170 valence electrons. The fourth-order valence-electron chi connectivity index (χ4n) is 3.83. The van der Waals surface area contributed by atoms with Crippen LogP contribution in [0.1, 0.15) is 36.7 Å². The van der Waals surface area contributed by atoms with Gasteiger partial charge in [0, 0.05) is 30.2 Å². The number of sulfonamides is 1. The third kappa shape index (κ3) is 5.06. The van der Waals surface area contributed by atoms with Gasteiger partial charge in [0.1, 0.15) is 5.69 Å². The van der Waals surface area contributed by atoms with Crippen LogP contribution in [0.15, 0.2) is 53.1 Å². The Morgan fingerprint density at radius 3 is 2.66 bits per heavy atom. The largest absolute Gasteiger partial charge is 0.463 e. The van der Waals surface area contributed by atoms with Gasteiger partial charge in [-0.2, -0.15) is 5.10 Å². The van der Waals surface area contributed by atoms with Crippen molar-refractivity contribution in [2.45, 2.75) is 32.2 Å². The highest BCUT2D eigenvalue weighted by molar-refractivity contribution is 7.89. The molecule has 2 aromatic heterocycles. The monoisotopic (exact) mass is 476 g/mol. The second-order valence-corrected chi connectivity index (χ2v) is 10.1. The van der Waals surface area contributed by atoms with Crippen LogP contribution in [-0.2, 0) is 10.0 Å². The summed E-state index contributed by atoms with van der Waals surface area (Å²) in [7, 11) is -3.27. The lowest BCUT2D eigenvalue weighted by Crippen LogP contribution is -2.47. The maximum absolute atomic E-state index is 13.2. The minimum absolute atomic E-state index is 0.114. The standard InChI is InChI=1S/C22H25ClN4O4S/c1-2-13-32(29,30)25-17-8-10-26(11-9-17)22(28)19-15-20(21-7-4-12-31-21)27(24-19)18-6-3-5-16(23)14-18/h3-7,12,14-15,17,25H,2,8-11,13H2,1H3. The van der Waals surface area contributed by atoms with Crippen LogP contribution in [0.4, 0.5) is 0 Å². The van der Waals surface area contributed by atoms with E-state index >= 15 is 0 Å². The van der Waals surface area contributed by atoms with Crippen molar-refractivity contribution in [2.75, 3.05) is 18.8 Å². The van der Waals surface area contributed by atoms with Crippen molar-refractivity contribution in [1.29, 1.82) is 0 Å². The van der Waals surface area contributed by atoms with Crippen LogP contribution in [0, 0.1) is 0 Å². The van der Waals surface area contributed by atoms with Crippen molar-refractivity contribution >= 4 is 27.5 Å². The molecule has 3 aromatic rings. The first-order chi connectivity index (χ1) is 15.4. The minimum Gasteiger partial charge on any atom is -0.463 e. The lowest BCUT2D eigenvalue weighted by molar-refractivity contribution is 0.0705. The molecular weight excluding hydrogens is 452 g/mol. The highest BCUT2D eigenvalue weighted by atomic mass is 35.5. The van der Waals surface area contributed by atoms with E-state index in [1.807, 2.05) is 19.1 Å². The van der Waals surface area contributed by atoms with E-state index in [1.165, 1.54) is 0 Å². The van der Waals surface area contributed by atoms with Crippen molar-refractivity contribution < 1.29 is 17.6 Å². The van der Waals surface area contributed by atoms with E-state index in [0.717, 1.165) is 0 Å². The maximum Gasteiger partial charge on any atom is 0.274 e. The number of nitrogens with one attached hydrogen (secondary N) is 1. The fourth-order valence-corrected chi connectivity index (χ4v) is 5.42. The van der Waals surface area contributed by atoms with E-state index in [2.05, 4.69) is 9.82 Å². The summed E-state index contributed by atoms with van der Waals surface area (Å²) in [6.07, 6.45) is 3.26.